The molecule has 0 aromatic heterocycles. The first-order valence-electron chi connectivity index (χ1n) is 5.48. The normalized spacial score (nSPS) is 18.4. The predicted octanol–water partition coefficient (Wildman–Crippen LogP) is 1.50. The van der Waals surface area contributed by atoms with Gasteiger partial charge in [0, 0.05) is 19.2 Å². The van der Waals surface area contributed by atoms with Gasteiger partial charge >= 0.3 is 12.1 Å². The zero-order valence-electron chi connectivity index (χ0n) is 9.54. The summed E-state index contributed by atoms with van der Waals surface area (Å²) in [4.78, 5) is 11.9. The number of rotatable bonds is 7. The van der Waals surface area contributed by atoms with Gasteiger partial charge in [-0.1, -0.05) is 0 Å². The van der Waals surface area contributed by atoms with Gasteiger partial charge in [0.05, 0.1) is 6.54 Å². The molecule has 0 spiro atoms. The van der Waals surface area contributed by atoms with Crippen LogP contribution in [0.15, 0.2) is 0 Å². The summed E-state index contributed by atoms with van der Waals surface area (Å²) in [5.74, 6) is -1.22. The molecular weight excluding hydrogens is 239 g/mol. The molecule has 1 fully saturated rings. The van der Waals surface area contributed by atoms with Gasteiger partial charge in [-0.05, 0) is 19.8 Å². The number of hydrogen-bond acceptors (Lipinski definition) is 3. The molecular formula is C10H16F3NO3. The number of aliphatic carboxylic acids is 1. The first-order chi connectivity index (χ1) is 7.83. The Morgan fingerprint density at radius 3 is 2.47 bits per heavy atom. The highest BCUT2D eigenvalue weighted by atomic mass is 19.4. The van der Waals surface area contributed by atoms with E-state index in [2.05, 4.69) is 0 Å². The molecule has 0 bridgehead atoms. The van der Waals surface area contributed by atoms with Crippen molar-refractivity contribution in [3.8, 4) is 0 Å². The van der Waals surface area contributed by atoms with Crippen molar-refractivity contribution in [3.05, 3.63) is 0 Å². The number of ether oxygens (including phenoxy) is 1. The Morgan fingerprint density at radius 2 is 2.12 bits per heavy atom. The van der Waals surface area contributed by atoms with Gasteiger partial charge in [0.2, 0.25) is 0 Å². The van der Waals surface area contributed by atoms with Crippen LogP contribution in [0, 0.1) is 0 Å². The van der Waals surface area contributed by atoms with Crippen LogP contribution in [0.4, 0.5) is 13.2 Å². The Morgan fingerprint density at radius 1 is 1.53 bits per heavy atom. The van der Waals surface area contributed by atoms with E-state index in [1.165, 1.54) is 0 Å². The fourth-order valence-electron chi connectivity index (χ4n) is 1.63. The van der Waals surface area contributed by atoms with E-state index in [4.69, 9.17) is 9.84 Å². The van der Waals surface area contributed by atoms with Crippen molar-refractivity contribution >= 4 is 5.97 Å². The second-order valence-corrected chi connectivity index (χ2v) is 4.06. The van der Waals surface area contributed by atoms with E-state index in [-0.39, 0.29) is 19.2 Å². The minimum atomic E-state index is -4.31. The number of nitrogens with zero attached hydrogens (tertiary/aromatic N) is 1. The van der Waals surface area contributed by atoms with E-state index < -0.39 is 24.8 Å². The molecule has 1 saturated carbocycles. The molecule has 0 amide bonds. The topological polar surface area (TPSA) is 49.8 Å². The van der Waals surface area contributed by atoms with Crippen molar-refractivity contribution in [3.63, 3.8) is 0 Å². The molecule has 7 heteroatoms. The number of hydrogen-bond donors (Lipinski definition) is 1. The molecule has 1 N–H and O–H groups in total. The van der Waals surface area contributed by atoms with Crippen molar-refractivity contribution in [2.45, 2.75) is 38.1 Å². The van der Waals surface area contributed by atoms with Crippen LogP contribution in [0.1, 0.15) is 19.8 Å². The molecule has 100 valence electrons. The molecule has 1 rings (SSSR count). The number of carboxylic acid groups (broad SMARTS) is 1. The molecule has 0 aromatic carbocycles. The lowest BCUT2D eigenvalue weighted by molar-refractivity contribution is -0.162. The molecule has 17 heavy (non-hydrogen) atoms. The number of halogens is 3. The van der Waals surface area contributed by atoms with Crippen LogP contribution in [0.3, 0.4) is 0 Å². The zero-order valence-corrected chi connectivity index (χ0v) is 9.54. The van der Waals surface area contributed by atoms with Crippen molar-refractivity contribution in [2.24, 2.45) is 0 Å². The van der Waals surface area contributed by atoms with E-state index in [0.29, 0.717) is 12.8 Å². The van der Waals surface area contributed by atoms with Gasteiger partial charge in [0.15, 0.2) is 6.10 Å². The first-order valence-corrected chi connectivity index (χ1v) is 5.48. The van der Waals surface area contributed by atoms with E-state index in [9.17, 15) is 18.0 Å². The lowest BCUT2D eigenvalue weighted by Crippen LogP contribution is -2.44. The van der Waals surface area contributed by atoms with Crippen molar-refractivity contribution in [2.75, 3.05) is 19.7 Å². The van der Waals surface area contributed by atoms with Gasteiger partial charge in [-0.15, -0.1) is 0 Å². The third kappa shape index (κ3) is 5.36. The summed E-state index contributed by atoms with van der Waals surface area (Å²) < 4.78 is 41.8. The Hall–Kier alpha value is -0.820. The fourth-order valence-corrected chi connectivity index (χ4v) is 1.63. The Labute approximate surface area is 97.3 Å². The van der Waals surface area contributed by atoms with Crippen LogP contribution in [-0.2, 0) is 9.53 Å². The van der Waals surface area contributed by atoms with Gasteiger partial charge in [0.1, 0.15) is 0 Å². The minimum absolute atomic E-state index is 0.154. The molecule has 0 aromatic rings. The summed E-state index contributed by atoms with van der Waals surface area (Å²) in [7, 11) is 0. The maximum atomic E-state index is 12.3. The highest BCUT2D eigenvalue weighted by molar-refractivity contribution is 5.72. The average molecular weight is 255 g/mol. The monoisotopic (exact) mass is 255 g/mol. The van der Waals surface area contributed by atoms with Crippen LogP contribution in [-0.4, -0.2) is 54.0 Å². The highest BCUT2D eigenvalue weighted by Gasteiger charge is 2.39. The SMILES string of the molecule is CCOC(CN(CC(F)(F)F)C1CC1)C(=O)O. The minimum Gasteiger partial charge on any atom is -0.479 e. The quantitative estimate of drug-likeness (QED) is 0.749. The maximum Gasteiger partial charge on any atom is 0.401 e. The van der Waals surface area contributed by atoms with Gasteiger partial charge in [-0.2, -0.15) is 13.2 Å². The predicted molar refractivity (Wildman–Crippen MR) is 53.7 cm³/mol. The average Bonchev–Trinajstić information content (AvgIpc) is 2.96. The summed E-state index contributed by atoms with van der Waals surface area (Å²) in [6.45, 7) is 0.491. The van der Waals surface area contributed by atoms with E-state index >= 15 is 0 Å². The van der Waals surface area contributed by atoms with Gasteiger partial charge in [-0.3, -0.25) is 4.90 Å². The summed E-state index contributed by atoms with van der Waals surface area (Å²) in [5, 5.41) is 8.82. The molecule has 4 nitrogen and oxygen atoms in total. The van der Waals surface area contributed by atoms with Crippen LogP contribution in [0.5, 0.6) is 0 Å². The molecule has 1 aliphatic rings. The Balaban J connectivity index is 2.55. The van der Waals surface area contributed by atoms with Crippen LogP contribution in [0.2, 0.25) is 0 Å². The van der Waals surface area contributed by atoms with Gasteiger partial charge in [0.25, 0.3) is 0 Å². The zero-order chi connectivity index (χ0) is 13.1. The second kappa shape index (κ2) is 5.68. The molecule has 1 aliphatic carbocycles. The van der Waals surface area contributed by atoms with E-state index in [1.54, 1.807) is 6.92 Å². The maximum absolute atomic E-state index is 12.3. The lowest BCUT2D eigenvalue weighted by atomic mass is 10.3. The lowest BCUT2D eigenvalue weighted by Gasteiger charge is -2.26. The summed E-state index contributed by atoms with van der Waals surface area (Å²) in [6.07, 6.45) is -4.12. The molecule has 0 aliphatic heterocycles. The number of carbonyl (C=O) groups is 1. The number of alkyl halides is 3. The highest BCUT2D eigenvalue weighted by Crippen LogP contribution is 2.30. The third-order valence-electron chi connectivity index (χ3n) is 2.49. The fraction of sp³-hybridized carbons (Fsp3) is 0.900. The van der Waals surface area contributed by atoms with Crippen LogP contribution >= 0.6 is 0 Å². The Bertz CT molecular complexity index is 266. The first kappa shape index (κ1) is 14.2. The number of carboxylic acids is 1. The molecule has 1 atom stereocenters. The van der Waals surface area contributed by atoms with Crippen LogP contribution < -0.4 is 0 Å². The van der Waals surface area contributed by atoms with E-state index in [1.807, 2.05) is 0 Å². The van der Waals surface area contributed by atoms with Gasteiger partial charge in [-0.25, -0.2) is 4.79 Å². The van der Waals surface area contributed by atoms with Crippen molar-refractivity contribution in [1.82, 2.24) is 4.90 Å². The molecule has 0 saturated heterocycles. The van der Waals surface area contributed by atoms with Crippen molar-refractivity contribution in [1.29, 1.82) is 0 Å². The Kier molecular flexibility index (Phi) is 4.76. The van der Waals surface area contributed by atoms with Gasteiger partial charge < -0.3 is 9.84 Å². The van der Waals surface area contributed by atoms with Crippen molar-refractivity contribution < 1.29 is 27.8 Å². The summed E-state index contributed by atoms with van der Waals surface area (Å²) >= 11 is 0. The second-order valence-electron chi connectivity index (χ2n) is 4.06. The molecule has 0 radical (unpaired) electrons. The standard InChI is InChI=1S/C10H16F3NO3/c1-2-17-8(9(15)16)5-14(7-3-4-7)6-10(11,12)13/h7-8H,2-6H2,1H3,(H,15,16). The smallest absolute Gasteiger partial charge is 0.401 e. The molecule has 1 unspecified atom stereocenters. The van der Waals surface area contributed by atoms with Crippen LogP contribution in [0.25, 0.3) is 0 Å². The third-order valence-corrected chi connectivity index (χ3v) is 2.49. The summed E-state index contributed by atoms with van der Waals surface area (Å²) in [6, 6.07) is -0.154. The summed E-state index contributed by atoms with van der Waals surface area (Å²) in [5.41, 5.74) is 0. The molecule has 0 heterocycles. The van der Waals surface area contributed by atoms with E-state index in [0.717, 1.165) is 4.90 Å². The largest absolute Gasteiger partial charge is 0.479 e.